The van der Waals surface area contributed by atoms with Gasteiger partial charge in [0.25, 0.3) is 5.91 Å². The van der Waals surface area contributed by atoms with Crippen molar-refractivity contribution in [1.82, 2.24) is 5.32 Å². The molecule has 22 heavy (non-hydrogen) atoms. The third-order valence-electron chi connectivity index (χ3n) is 2.85. The highest BCUT2D eigenvalue weighted by Gasteiger charge is 2.11. The van der Waals surface area contributed by atoms with Crippen molar-refractivity contribution >= 4 is 11.9 Å². The molecule has 0 bridgehead atoms. The Morgan fingerprint density at radius 2 is 2.05 bits per heavy atom. The van der Waals surface area contributed by atoms with Crippen molar-refractivity contribution in [1.29, 1.82) is 5.26 Å². The van der Waals surface area contributed by atoms with Gasteiger partial charge in [-0.2, -0.15) is 5.26 Å². The van der Waals surface area contributed by atoms with Gasteiger partial charge in [-0.1, -0.05) is 25.5 Å². The Hall–Kier alpha value is -2.55. The molecule has 0 heterocycles. The third kappa shape index (κ3) is 6.27. The number of hydrogen-bond donors (Lipinski definition) is 1. The van der Waals surface area contributed by atoms with Gasteiger partial charge in [-0.3, -0.25) is 4.79 Å². The maximum absolute atomic E-state index is 11.5. The number of benzene rings is 1. The van der Waals surface area contributed by atoms with E-state index in [1.54, 1.807) is 24.3 Å². The molecule has 0 spiro atoms. The van der Waals surface area contributed by atoms with Crippen LogP contribution in [0.2, 0.25) is 0 Å². The smallest absolute Gasteiger partial charge is 0.344 e. The normalized spacial score (nSPS) is 11.1. The summed E-state index contributed by atoms with van der Waals surface area (Å²) in [6.45, 7) is 3.23. The van der Waals surface area contributed by atoms with Crippen molar-refractivity contribution < 1.29 is 19.1 Å². The summed E-state index contributed by atoms with van der Waals surface area (Å²) in [6, 6.07) is 8.59. The number of nitriles is 1. The van der Waals surface area contributed by atoms with Crippen molar-refractivity contribution in [2.75, 3.05) is 13.2 Å². The molecule has 1 amide bonds. The number of para-hydroxylation sites is 1. The minimum atomic E-state index is -0.661. The zero-order valence-electron chi connectivity index (χ0n) is 12.8. The van der Waals surface area contributed by atoms with Crippen LogP contribution < -0.4 is 10.1 Å². The van der Waals surface area contributed by atoms with Crippen molar-refractivity contribution in [3.63, 3.8) is 0 Å². The van der Waals surface area contributed by atoms with Gasteiger partial charge in [-0.25, -0.2) is 4.79 Å². The number of nitrogens with zero attached hydrogens (tertiary/aromatic N) is 1. The molecule has 1 aromatic carbocycles. The fraction of sp³-hybridized carbons (Fsp3) is 0.438. The lowest BCUT2D eigenvalue weighted by atomic mass is 10.2. The van der Waals surface area contributed by atoms with E-state index in [4.69, 9.17) is 14.7 Å². The number of hydrogen-bond acceptors (Lipinski definition) is 5. The lowest BCUT2D eigenvalue weighted by molar-refractivity contribution is -0.150. The molecule has 118 valence electrons. The van der Waals surface area contributed by atoms with Crippen LogP contribution in [-0.4, -0.2) is 31.1 Å². The molecule has 1 aromatic rings. The van der Waals surface area contributed by atoms with Crippen LogP contribution in [0.15, 0.2) is 24.3 Å². The SMILES string of the molecule is CCC[C@H](C)NC(=O)COC(=O)COc1ccccc1C#N. The Kier molecular flexibility index (Phi) is 7.48. The highest BCUT2D eigenvalue weighted by Crippen LogP contribution is 2.16. The number of amides is 1. The minimum Gasteiger partial charge on any atom is -0.481 e. The monoisotopic (exact) mass is 304 g/mol. The van der Waals surface area contributed by atoms with Gasteiger partial charge in [-0.05, 0) is 25.5 Å². The molecule has 6 heteroatoms. The summed E-state index contributed by atoms with van der Waals surface area (Å²) < 4.78 is 10.0. The summed E-state index contributed by atoms with van der Waals surface area (Å²) >= 11 is 0. The standard InChI is InChI=1S/C16H20N2O4/c1-3-6-12(2)18-15(19)10-22-16(20)11-21-14-8-5-4-7-13(14)9-17/h4-5,7-8,12H,3,6,10-11H2,1-2H3,(H,18,19)/t12-/m0/s1. The zero-order chi connectivity index (χ0) is 16.4. The first-order valence-corrected chi connectivity index (χ1v) is 7.13. The number of rotatable bonds is 8. The van der Waals surface area contributed by atoms with Gasteiger partial charge in [0, 0.05) is 6.04 Å². The Morgan fingerprint density at radius 1 is 1.32 bits per heavy atom. The summed E-state index contributed by atoms with van der Waals surface area (Å²) in [5.74, 6) is -0.694. The number of esters is 1. The molecule has 0 unspecified atom stereocenters. The number of carbonyl (C=O) groups excluding carboxylic acids is 2. The van der Waals surface area contributed by atoms with E-state index in [1.807, 2.05) is 19.9 Å². The van der Waals surface area contributed by atoms with Crippen molar-refractivity contribution in [3.05, 3.63) is 29.8 Å². The highest BCUT2D eigenvalue weighted by atomic mass is 16.6. The second-order valence-corrected chi connectivity index (χ2v) is 4.81. The predicted octanol–water partition coefficient (Wildman–Crippen LogP) is 1.79. The largest absolute Gasteiger partial charge is 0.481 e. The predicted molar refractivity (Wildman–Crippen MR) is 80.1 cm³/mol. The quantitative estimate of drug-likeness (QED) is 0.740. The second kappa shape index (κ2) is 9.40. The maximum atomic E-state index is 11.5. The van der Waals surface area contributed by atoms with E-state index in [9.17, 15) is 9.59 Å². The average Bonchev–Trinajstić information content (AvgIpc) is 2.51. The Balaban J connectivity index is 2.32. The molecule has 0 radical (unpaired) electrons. The van der Waals surface area contributed by atoms with Gasteiger partial charge in [0.1, 0.15) is 11.8 Å². The van der Waals surface area contributed by atoms with Crippen LogP contribution in [0, 0.1) is 11.3 Å². The summed E-state index contributed by atoms with van der Waals surface area (Å²) in [4.78, 5) is 23.1. The van der Waals surface area contributed by atoms with E-state index in [0.717, 1.165) is 12.8 Å². The van der Waals surface area contributed by atoms with Crippen LogP contribution in [0.3, 0.4) is 0 Å². The van der Waals surface area contributed by atoms with E-state index in [0.29, 0.717) is 11.3 Å². The van der Waals surface area contributed by atoms with Gasteiger partial charge in [0.15, 0.2) is 13.2 Å². The van der Waals surface area contributed by atoms with Crippen LogP contribution >= 0.6 is 0 Å². The molecule has 1 rings (SSSR count). The topological polar surface area (TPSA) is 88.4 Å². The highest BCUT2D eigenvalue weighted by molar-refractivity contribution is 5.81. The lowest BCUT2D eigenvalue weighted by Crippen LogP contribution is -2.36. The molecule has 0 fully saturated rings. The number of nitrogens with one attached hydrogen (secondary N) is 1. The van der Waals surface area contributed by atoms with E-state index in [1.165, 1.54) is 0 Å². The summed E-state index contributed by atoms with van der Waals surface area (Å²) in [5, 5.41) is 11.6. The first-order valence-electron chi connectivity index (χ1n) is 7.13. The lowest BCUT2D eigenvalue weighted by Gasteiger charge is -2.13. The molecule has 0 aliphatic rings. The second-order valence-electron chi connectivity index (χ2n) is 4.81. The fourth-order valence-electron chi connectivity index (χ4n) is 1.83. The molecule has 0 aliphatic heterocycles. The molecular weight excluding hydrogens is 284 g/mol. The van der Waals surface area contributed by atoms with E-state index in [2.05, 4.69) is 5.32 Å². The first-order chi connectivity index (χ1) is 10.6. The molecule has 0 saturated heterocycles. The summed E-state index contributed by atoms with van der Waals surface area (Å²) in [7, 11) is 0. The van der Waals surface area contributed by atoms with Gasteiger partial charge in [0.05, 0.1) is 5.56 Å². The maximum Gasteiger partial charge on any atom is 0.344 e. The molecular formula is C16H20N2O4. The van der Waals surface area contributed by atoms with E-state index in [-0.39, 0.29) is 25.2 Å². The van der Waals surface area contributed by atoms with E-state index >= 15 is 0 Å². The Labute approximate surface area is 130 Å². The van der Waals surface area contributed by atoms with Gasteiger partial charge in [0.2, 0.25) is 0 Å². The molecule has 0 aromatic heterocycles. The van der Waals surface area contributed by atoms with Gasteiger partial charge < -0.3 is 14.8 Å². The van der Waals surface area contributed by atoms with Gasteiger partial charge in [-0.15, -0.1) is 0 Å². The summed E-state index contributed by atoms with van der Waals surface area (Å²) in [6.07, 6.45) is 1.83. The fourth-order valence-corrected chi connectivity index (χ4v) is 1.83. The van der Waals surface area contributed by atoms with Crippen LogP contribution in [0.5, 0.6) is 5.75 Å². The first kappa shape index (κ1) is 17.5. The van der Waals surface area contributed by atoms with Crippen molar-refractivity contribution in [2.24, 2.45) is 0 Å². The van der Waals surface area contributed by atoms with E-state index < -0.39 is 5.97 Å². The molecule has 1 N–H and O–H groups in total. The van der Waals surface area contributed by atoms with Crippen LogP contribution in [0.1, 0.15) is 32.3 Å². The van der Waals surface area contributed by atoms with Crippen molar-refractivity contribution in [2.45, 2.75) is 32.7 Å². The molecule has 0 aliphatic carbocycles. The summed E-state index contributed by atoms with van der Waals surface area (Å²) in [5.41, 5.74) is 0.335. The molecule has 6 nitrogen and oxygen atoms in total. The van der Waals surface area contributed by atoms with Crippen LogP contribution in [-0.2, 0) is 14.3 Å². The Morgan fingerprint density at radius 3 is 2.73 bits per heavy atom. The average molecular weight is 304 g/mol. The minimum absolute atomic E-state index is 0.0509. The molecule has 0 saturated carbocycles. The molecule has 1 atom stereocenters. The van der Waals surface area contributed by atoms with Crippen molar-refractivity contribution in [3.8, 4) is 11.8 Å². The number of ether oxygens (including phenoxy) is 2. The zero-order valence-corrected chi connectivity index (χ0v) is 12.8. The Bertz CT molecular complexity index is 551. The van der Waals surface area contributed by atoms with Crippen LogP contribution in [0.25, 0.3) is 0 Å². The number of carbonyl (C=O) groups is 2. The van der Waals surface area contributed by atoms with Crippen LogP contribution in [0.4, 0.5) is 0 Å². The van der Waals surface area contributed by atoms with Gasteiger partial charge >= 0.3 is 5.97 Å². The third-order valence-corrected chi connectivity index (χ3v) is 2.85.